The van der Waals surface area contributed by atoms with Crippen molar-refractivity contribution in [3.63, 3.8) is 0 Å². The van der Waals surface area contributed by atoms with Gasteiger partial charge in [-0.2, -0.15) is 0 Å². The van der Waals surface area contributed by atoms with E-state index < -0.39 is 42.3 Å². The summed E-state index contributed by atoms with van der Waals surface area (Å²) in [6.07, 6.45) is -0.507. The second kappa shape index (κ2) is 10.0. The van der Waals surface area contributed by atoms with Crippen LogP contribution in [-0.4, -0.2) is 50.6 Å². The highest BCUT2D eigenvalue weighted by atomic mass is 19.1. The Balaban J connectivity index is 4.96. The van der Waals surface area contributed by atoms with Crippen LogP contribution in [0.15, 0.2) is 0 Å². The molecule has 0 aliphatic heterocycles. The van der Waals surface area contributed by atoms with Crippen molar-refractivity contribution in [2.45, 2.75) is 51.7 Å². The van der Waals surface area contributed by atoms with Crippen LogP contribution in [0, 0.1) is 5.92 Å². The molecule has 7 nitrogen and oxygen atoms in total. The summed E-state index contributed by atoms with van der Waals surface area (Å²) in [6, 6.07) is -1.08. The number of carbonyl (C=O) groups excluding carboxylic acids is 3. The summed E-state index contributed by atoms with van der Waals surface area (Å²) in [5.74, 6) is -2.02. The number of rotatable bonds is 8. The maximum absolute atomic E-state index is 12.3. The van der Waals surface area contributed by atoms with E-state index in [0.29, 0.717) is 0 Å². The molecule has 0 aromatic heterocycles. The van der Waals surface area contributed by atoms with Crippen LogP contribution in [0.1, 0.15) is 40.0 Å². The number of ether oxygens (including phenoxy) is 3. The Hall–Kier alpha value is -1.86. The Kier molecular flexibility index (Phi) is 9.21. The highest BCUT2D eigenvalue weighted by molar-refractivity contribution is 5.82. The van der Waals surface area contributed by atoms with Gasteiger partial charge in [-0.15, -0.1) is 0 Å². The van der Waals surface area contributed by atoms with Gasteiger partial charge in [-0.3, -0.25) is 9.18 Å². The Morgan fingerprint density at radius 1 is 1.09 bits per heavy atom. The number of nitrogens with one attached hydrogen (secondary N) is 1. The highest BCUT2D eigenvalue weighted by Gasteiger charge is 2.31. The van der Waals surface area contributed by atoms with Gasteiger partial charge in [0, 0.05) is 0 Å². The zero-order valence-corrected chi connectivity index (χ0v) is 14.3. The number of alkyl halides is 1. The molecule has 0 saturated heterocycles. The molecule has 0 rings (SSSR count). The van der Waals surface area contributed by atoms with Gasteiger partial charge in [0.2, 0.25) is 0 Å². The third kappa shape index (κ3) is 9.00. The van der Waals surface area contributed by atoms with Crippen LogP contribution < -0.4 is 5.32 Å². The predicted molar refractivity (Wildman–Crippen MR) is 80.5 cm³/mol. The summed E-state index contributed by atoms with van der Waals surface area (Å²) in [4.78, 5) is 35.4. The summed E-state index contributed by atoms with van der Waals surface area (Å²) >= 11 is 0. The Morgan fingerprint density at radius 3 is 2.09 bits per heavy atom. The molecule has 0 aromatic rings. The average molecular weight is 335 g/mol. The molecule has 0 aromatic carbocycles. The van der Waals surface area contributed by atoms with Gasteiger partial charge in [-0.1, -0.05) is 0 Å². The van der Waals surface area contributed by atoms with Crippen molar-refractivity contribution in [2.24, 2.45) is 5.92 Å². The van der Waals surface area contributed by atoms with Gasteiger partial charge in [0.15, 0.2) is 0 Å². The summed E-state index contributed by atoms with van der Waals surface area (Å²) in [6.45, 7) is 4.45. The maximum Gasteiger partial charge on any atom is 0.408 e. The Bertz CT molecular complexity index is 407. The molecule has 8 heteroatoms. The van der Waals surface area contributed by atoms with E-state index in [1.54, 1.807) is 20.8 Å². The quantitative estimate of drug-likeness (QED) is 0.539. The number of methoxy groups -OCH3 is 2. The molecule has 2 unspecified atom stereocenters. The molecule has 0 aliphatic carbocycles. The number of carbonyl (C=O) groups is 3. The number of hydrogen-bond acceptors (Lipinski definition) is 6. The summed E-state index contributed by atoms with van der Waals surface area (Å²) in [5.41, 5.74) is -0.735. The first-order chi connectivity index (χ1) is 10.6. The van der Waals surface area contributed by atoms with Crippen LogP contribution in [0.3, 0.4) is 0 Å². The molecular formula is C15H26FNO6. The van der Waals surface area contributed by atoms with Crippen LogP contribution >= 0.6 is 0 Å². The van der Waals surface area contributed by atoms with Gasteiger partial charge in [0.05, 0.1) is 26.8 Å². The average Bonchev–Trinajstić information content (AvgIpc) is 2.46. The zero-order valence-electron chi connectivity index (χ0n) is 14.3. The molecule has 2 atom stereocenters. The number of halogens is 1. The first-order valence-corrected chi connectivity index (χ1v) is 7.35. The smallest absolute Gasteiger partial charge is 0.408 e. The Labute approximate surface area is 135 Å². The first-order valence-electron chi connectivity index (χ1n) is 7.35. The Morgan fingerprint density at radius 2 is 1.65 bits per heavy atom. The molecule has 0 heterocycles. The van der Waals surface area contributed by atoms with Crippen molar-refractivity contribution < 1.29 is 33.0 Å². The van der Waals surface area contributed by atoms with Crippen molar-refractivity contribution in [2.75, 3.05) is 20.9 Å². The van der Waals surface area contributed by atoms with Gasteiger partial charge in [0.1, 0.15) is 11.6 Å². The van der Waals surface area contributed by atoms with Gasteiger partial charge >= 0.3 is 18.0 Å². The third-order valence-electron chi connectivity index (χ3n) is 2.92. The monoisotopic (exact) mass is 335 g/mol. The fourth-order valence-corrected chi connectivity index (χ4v) is 1.91. The molecule has 0 spiro atoms. The minimum Gasteiger partial charge on any atom is -0.469 e. The topological polar surface area (TPSA) is 90.9 Å². The van der Waals surface area contributed by atoms with E-state index in [2.05, 4.69) is 14.8 Å². The molecule has 0 saturated carbocycles. The molecule has 1 N–H and O–H groups in total. The van der Waals surface area contributed by atoms with E-state index in [1.807, 2.05) is 0 Å². The van der Waals surface area contributed by atoms with Crippen LogP contribution in [0.4, 0.5) is 9.18 Å². The normalized spacial score (nSPS) is 13.7. The van der Waals surface area contributed by atoms with E-state index in [4.69, 9.17) is 4.74 Å². The largest absolute Gasteiger partial charge is 0.469 e. The second-order valence-corrected chi connectivity index (χ2v) is 6.01. The van der Waals surface area contributed by atoms with Crippen LogP contribution in [0.25, 0.3) is 0 Å². The minimum atomic E-state index is -1.08. The van der Waals surface area contributed by atoms with E-state index in [0.717, 1.165) is 0 Å². The second-order valence-electron chi connectivity index (χ2n) is 6.01. The lowest BCUT2D eigenvalue weighted by Crippen LogP contribution is -2.45. The molecule has 0 bridgehead atoms. The standard InChI is InChI=1S/C15H26FNO6/c1-15(2,3)23-14(20)17-11(13(19)22-5)9-10(7-6-8-16)12(18)21-4/h10-11H,6-9H2,1-5H3,(H,17,20). The van der Waals surface area contributed by atoms with Gasteiger partial charge < -0.3 is 19.5 Å². The zero-order chi connectivity index (χ0) is 18.0. The van der Waals surface area contributed by atoms with Crippen LogP contribution in [0.2, 0.25) is 0 Å². The van der Waals surface area contributed by atoms with Crippen molar-refractivity contribution in [1.29, 1.82) is 0 Å². The predicted octanol–water partition coefficient (Wildman–Crippen LogP) is 1.98. The SMILES string of the molecule is COC(=O)C(CCCF)CC(NC(=O)OC(C)(C)C)C(=O)OC. The van der Waals surface area contributed by atoms with Crippen molar-refractivity contribution in [1.82, 2.24) is 5.32 Å². The number of esters is 2. The molecule has 0 fully saturated rings. The first kappa shape index (κ1) is 21.1. The molecule has 1 amide bonds. The molecule has 134 valence electrons. The summed E-state index contributed by atoms with van der Waals surface area (Å²) in [5, 5.41) is 2.37. The number of alkyl carbamates (subject to hydrolysis) is 1. The molecular weight excluding hydrogens is 309 g/mol. The third-order valence-corrected chi connectivity index (χ3v) is 2.92. The number of amides is 1. The molecule has 23 heavy (non-hydrogen) atoms. The fourth-order valence-electron chi connectivity index (χ4n) is 1.91. The molecule has 0 radical (unpaired) electrons. The van der Waals surface area contributed by atoms with E-state index in [1.165, 1.54) is 14.2 Å². The lowest BCUT2D eigenvalue weighted by atomic mass is 9.95. The fraction of sp³-hybridized carbons (Fsp3) is 0.800. The summed E-state index contributed by atoms with van der Waals surface area (Å²) < 4.78 is 26.7. The van der Waals surface area contributed by atoms with Gasteiger partial charge in [0.25, 0.3) is 0 Å². The van der Waals surface area contributed by atoms with E-state index in [9.17, 15) is 18.8 Å². The van der Waals surface area contributed by atoms with E-state index in [-0.39, 0.29) is 19.3 Å². The van der Waals surface area contributed by atoms with Gasteiger partial charge in [-0.25, -0.2) is 9.59 Å². The summed E-state index contributed by atoms with van der Waals surface area (Å²) in [7, 11) is 2.38. The van der Waals surface area contributed by atoms with Crippen molar-refractivity contribution >= 4 is 18.0 Å². The highest BCUT2D eigenvalue weighted by Crippen LogP contribution is 2.17. The lowest BCUT2D eigenvalue weighted by Gasteiger charge is -2.24. The van der Waals surface area contributed by atoms with Crippen LogP contribution in [-0.2, 0) is 23.8 Å². The minimum absolute atomic E-state index is 0.0570. The van der Waals surface area contributed by atoms with Crippen LogP contribution in [0.5, 0.6) is 0 Å². The van der Waals surface area contributed by atoms with E-state index >= 15 is 0 Å². The van der Waals surface area contributed by atoms with Crippen molar-refractivity contribution in [3.8, 4) is 0 Å². The lowest BCUT2D eigenvalue weighted by molar-refractivity contribution is -0.148. The number of hydrogen-bond donors (Lipinski definition) is 1. The van der Waals surface area contributed by atoms with Gasteiger partial charge in [-0.05, 0) is 40.0 Å². The molecule has 0 aliphatic rings. The van der Waals surface area contributed by atoms with Crippen molar-refractivity contribution in [3.05, 3.63) is 0 Å². The maximum atomic E-state index is 12.3.